The second-order valence-electron chi connectivity index (χ2n) is 8.62. The number of amides is 1. The Kier molecular flexibility index (Phi) is 7.30. The molecule has 162 valence electrons. The molecule has 4 nitrogen and oxygen atoms in total. The first-order chi connectivity index (χ1) is 14.2. The molecule has 1 heterocycles. The number of benzene rings is 2. The summed E-state index contributed by atoms with van der Waals surface area (Å²) in [6.07, 6.45) is 1.90. The van der Waals surface area contributed by atoms with E-state index in [4.69, 9.17) is 16.3 Å². The molecule has 1 saturated heterocycles. The number of carbonyl (C=O) groups is 1. The van der Waals surface area contributed by atoms with Crippen LogP contribution in [0.15, 0.2) is 36.4 Å². The van der Waals surface area contributed by atoms with Crippen LogP contribution in [0.25, 0.3) is 0 Å². The standard InChI is InChI=1S/C25H33ClN2O2/c1-16-10-12-28(13-11-16)22-8-6-21(7-9-22)19(4)27-25(29)20(5)30-23-14-17(2)24(26)18(3)15-23/h6-9,14-16,19-20H,10-13H2,1-5H3,(H,27,29)/t19-,20+/m0/s1. The molecule has 0 aliphatic carbocycles. The largest absolute Gasteiger partial charge is 0.481 e. The van der Waals surface area contributed by atoms with Crippen LogP contribution in [0.2, 0.25) is 5.02 Å². The lowest BCUT2D eigenvalue weighted by Gasteiger charge is -2.32. The van der Waals surface area contributed by atoms with Crippen LogP contribution in [-0.2, 0) is 4.79 Å². The zero-order valence-electron chi connectivity index (χ0n) is 18.7. The number of ether oxygens (including phenoxy) is 1. The van der Waals surface area contributed by atoms with E-state index in [1.807, 2.05) is 32.9 Å². The lowest BCUT2D eigenvalue weighted by molar-refractivity contribution is -0.127. The summed E-state index contributed by atoms with van der Waals surface area (Å²) in [5, 5.41) is 3.79. The Bertz CT molecular complexity index is 850. The van der Waals surface area contributed by atoms with Crippen molar-refractivity contribution >= 4 is 23.2 Å². The van der Waals surface area contributed by atoms with E-state index in [0.29, 0.717) is 5.75 Å². The summed E-state index contributed by atoms with van der Waals surface area (Å²) in [5.41, 5.74) is 4.23. The lowest BCUT2D eigenvalue weighted by atomic mass is 9.98. The third kappa shape index (κ3) is 5.48. The number of hydrogen-bond donors (Lipinski definition) is 1. The van der Waals surface area contributed by atoms with E-state index in [9.17, 15) is 4.79 Å². The average molecular weight is 429 g/mol. The predicted molar refractivity (Wildman–Crippen MR) is 125 cm³/mol. The van der Waals surface area contributed by atoms with E-state index in [-0.39, 0.29) is 11.9 Å². The van der Waals surface area contributed by atoms with Crippen LogP contribution in [0.4, 0.5) is 5.69 Å². The Labute approximate surface area is 185 Å². The molecular formula is C25H33ClN2O2. The molecule has 0 aromatic heterocycles. The van der Waals surface area contributed by atoms with Crippen molar-refractivity contribution in [1.82, 2.24) is 5.32 Å². The van der Waals surface area contributed by atoms with Gasteiger partial charge in [0.25, 0.3) is 5.91 Å². The maximum Gasteiger partial charge on any atom is 0.261 e. The van der Waals surface area contributed by atoms with E-state index < -0.39 is 6.10 Å². The summed E-state index contributed by atoms with van der Waals surface area (Å²) in [7, 11) is 0. The molecule has 3 rings (SSSR count). The molecule has 0 saturated carbocycles. The molecule has 1 aliphatic heterocycles. The van der Waals surface area contributed by atoms with Crippen molar-refractivity contribution in [2.24, 2.45) is 5.92 Å². The Hall–Kier alpha value is -2.20. The first-order valence-electron chi connectivity index (χ1n) is 10.8. The van der Waals surface area contributed by atoms with Gasteiger partial charge in [0.2, 0.25) is 0 Å². The second-order valence-corrected chi connectivity index (χ2v) is 9.00. The first-order valence-corrected chi connectivity index (χ1v) is 11.2. The van der Waals surface area contributed by atoms with Crippen LogP contribution in [0.1, 0.15) is 56.3 Å². The highest BCUT2D eigenvalue weighted by molar-refractivity contribution is 6.32. The van der Waals surface area contributed by atoms with Gasteiger partial charge < -0.3 is 15.0 Å². The van der Waals surface area contributed by atoms with Gasteiger partial charge in [0.15, 0.2) is 6.10 Å². The summed E-state index contributed by atoms with van der Waals surface area (Å²) in [5.74, 6) is 1.34. The molecule has 0 spiro atoms. The molecular weight excluding hydrogens is 396 g/mol. The first kappa shape index (κ1) is 22.5. The highest BCUT2D eigenvalue weighted by Crippen LogP contribution is 2.27. The molecule has 2 aromatic carbocycles. The number of halogens is 1. The molecule has 2 aromatic rings. The molecule has 1 N–H and O–H groups in total. The molecule has 0 unspecified atom stereocenters. The summed E-state index contributed by atoms with van der Waals surface area (Å²) in [6.45, 7) is 12.2. The Balaban J connectivity index is 1.57. The average Bonchev–Trinajstić information content (AvgIpc) is 2.72. The van der Waals surface area contributed by atoms with Gasteiger partial charge in [-0.3, -0.25) is 4.79 Å². The van der Waals surface area contributed by atoms with Gasteiger partial charge in [-0.2, -0.15) is 0 Å². The maximum atomic E-state index is 12.6. The minimum Gasteiger partial charge on any atom is -0.481 e. The van der Waals surface area contributed by atoms with Gasteiger partial charge >= 0.3 is 0 Å². The third-order valence-corrected chi connectivity index (χ3v) is 6.59. The number of anilines is 1. The minimum absolute atomic E-state index is 0.0901. The zero-order valence-corrected chi connectivity index (χ0v) is 19.4. The summed E-state index contributed by atoms with van der Waals surface area (Å²) in [6, 6.07) is 12.2. The van der Waals surface area contributed by atoms with Gasteiger partial charge in [-0.1, -0.05) is 30.7 Å². The summed E-state index contributed by atoms with van der Waals surface area (Å²) >= 11 is 6.21. The van der Waals surface area contributed by atoms with Crippen LogP contribution in [0.3, 0.4) is 0 Å². The van der Waals surface area contributed by atoms with E-state index >= 15 is 0 Å². The fourth-order valence-corrected chi connectivity index (χ4v) is 4.00. The van der Waals surface area contributed by atoms with Gasteiger partial charge in [0.1, 0.15) is 5.75 Å². The highest BCUT2D eigenvalue weighted by Gasteiger charge is 2.19. The minimum atomic E-state index is -0.595. The topological polar surface area (TPSA) is 41.6 Å². The van der Waals surface area contributed by atoms with Crippen molar-refractivity contribution in [3.63, 3.8) is 0 Å². The van der Waals surface area contributed by atoms with Gasteiger partial charge in [-0.25, -0.2) is 0 Å². The van der Waals surface area contributed by atoms with Gasteiger partial charge in [-0.05, 0) is 87.4 Å². The molecule has 0 bridgehead atoms. The molecule has 30 heavy (non-hydrogen) atoms. The van der Waals surface area contributed by atoms with Crippen molar-refractivity contribution in [3.05, 3.63) is 58.1 Å². The maximum absolute atomic E-state index is 12.6. The van der Waals surface area contributed by atoms with Crippen LogP contribution >= 0.6 is 11.6 Å². The number of nitrogens with one attached hydrogen (secondary N) is 1. The van der Waals surface area contributed by atoms with Gasteiger partial charge in [0.05, 0.1) is 6.04 Å². The van der Waals surface area contributed by atoms with Gasteiger partial charge in [-0.15, -0.1) is 0 Å². The SMILES string of the molecule is Cc1cc(O[C@H](C)C(=O)N[C@@H](C)c2ccc(N3CCC(C)CC3)cc2)cc(C)c1Cl. The van der Waals surface area contributed by atoms with Crippen molar-refractivity contribution in [3.8, 4) is 5.75 Å². The molecule has 2 atom stereocenters. The fourth-order valence-electron chi connectivity index (χ4n) is 3.89. The number of hydrogen-bond acceptors (Lipinski definition) is 3. The second kappa shape index (κ2) is 9.74. The smallest absolute Gasteiger partial charge is 0.261 e. The van der Waals surface area contributed by atoms with Crippen LogP contribution in [0, 0.1) is 19.8 Å². The summed E-state index contributed by atoms with van der Waals surface area (Å²) in [4.78, 5) is 15.1. The monoisotopic (exact) mass is 428 g/mol. The van der Waals surface area contributed by atoms with Crippen LogP contribution < -0.4 is 15.0 Å². The van der Waals surface area contributed by atoms with Crippen LogP contribution in [-0.4, -0.2) is 25.1 Å². The Morgan fingerprint density at radius 3 is 2.23 bits per heavy atom. The number of rotatable bonds is 6. The van der Waals surface area contributed by atoms with E-state index in [0.717, 1.165) is 40.7 Å². The Morgan fingerprint density at radius 1 is 1.10 bits per heavy atom. The van der Waals surface area contributed by atoms with Crippen molar-refractivity contribution in [2.75, 3.05) is 18.0 Å². The number of nitrogens with zero attached hydrogens (tertiary/aromatic N) is 1. The van der Waals surface area contributed by atoms with Crippen molar-refractivity contribution in [2.45, 2.75) is 59.6 Å². The predicted octanol–water partition coefficient (Wildman–Crippen LogP) is 5.84. The number of piperidine rings is 1. The Morgan fingerprint density at radius 2 is 1.67 bits per heavy atom. The van der Waals surface area contributed by atoms with Gasteiger partial charge in [0, 0.05) is 23.8 Å². The fraction of sp³-hybridized carbons (Fsp3) is 0.480. The van der Waals surface area contributed by atoms with E-state index in [1.54, 1.807) is 6.92 Å². The van der Waals surface area contributed by atoms with Crippen LogP contribution in [0.5, 0.6) is 5.75 Å². The highest BCUT2D eigenvalue weighted by atomic mass is 35.5. The normalized spacial score (nSPS) is 16.8. The van der Waals surface area contributed by atoms with E-state index in [1.165, 1.54) is 18.5 Å². The zero-order chi connectivity index (χ0) is 21.8. The molecule has 5 heteroatoms. The van der Waals surface area contributed by atoms with E-state index in [2.05, 4.69) is 41.4 Å². The third-order valence-electron chi connectivity index (χ3n) is 5.99. The lowest BCUT2D eigenvalue weighted by Crippen LogP contribution is -2.37. The molecule has 1 fully saturated rings. The molecule has 1 aliphatic rings. The van der Waals surface area contributed by atoms with Crippen molar-refractivity contribution < 1.29 is 9.53 Å². The molecule has 1 amide bonds. The summed E-state index contributed by atoms with van der Waals surface area (Å²) < 4.78 is 5.86. The quantitative estimate of drug-likeness (QED) is 0.628. The molecule has 0 radical (unpaired) electrons. The number of aryl methyl sites for hydroxylation is 2. The van der Waals surface area contributed by atoms with Crippen molar-refractivity contribution in [1.29, 1.82) is 0 Å². The number of carbonyl (C=O) groups excluding carboxylic acids is 1.